The lowest BCUT2D eigenvalue weighted by Gasteiger charge is -2.18. The van der Waals surface area contributed by atoms with E-state index >= 15 is 0 Å². The summed E-state index contributed by atoms with van der Waals surface area (Å²) in [6.07, 6.45) is 3.57. The minimum absolute atomic E-state index is 0.0292. The monoisotopic (exact) mass is 480 g/mol. The molecular formula is C25H22F2N4O2S. The smallest absolute Gasteiger partial charge is 0.263 e. The Morgan fingerprint density at radius 3 is 2.59 bits per heavy atom. The predicted octanol–water partition coefficient (Wildman–Crippen LogP) is 6.50. The molecule has 5 rings (SSSR count). The van der Waals surface area contributed by atoms with E-state index in [1.165, 1.54) is 18.3 Å². The fraction of sp³-hybridized carbons (Fsp3) is 0.320. The Bertz CT molecular complexity index is 1430. The van der Waals surface area contributed by atoms with Crippen molar-refractivity contribution in [3.8, 4) is 29.0 Å². The number of nitriles is 1. The molecule has 3 aromatic rings. The number of hydrogen-bond donors (Lipinski definition) is 1. The number of halogens is 2. The summed E-state index contributed by atoms with van der Waals surface area (Å²) in [4.78, 5) is 8.86. The molecule has 0 amide bonds. The van der Waals surface area contributed by atoms with Crippen molar-refractivity contribution in [2.75, 3.05) is 0 Å². The third-order valence-electron chi connectivity index (χ3n) is 6.10. The van der Waals surface area contributed by atoms with Crippen LogP contribution in [-0.4, -0.2) is 19.4 Å². The normalized spacial score (nSPS) is 17.3. The molecule has 34 heavy (non-hydrogen) atoms. The highest BCUT2D eigenvalue weighted by molar-refractivity contribution is 7.93. The zero-order valence-corrected chi connectivity index (χ0v) is 19.2. The predicted molar refractivity (Wildman–Crippen MR) is 123 cm³/mol. The quantitative estimate of drug-likeness (QED) is 0.416. The fourth-order valence-corrected chi connectivity index (χ4v) is 5.78. The third-order valence-corrected chi connectivity index (χ3v) is 8.48. The number of rotatable bonds is 7. The van der Waals surface area contributed by atoms with E-state index in [2.05, 4.69) is 9.97 Å². The molecule has 6 nitrogen and oxygen atoms in total. The number of hydrogen-bond acceptors (Lipinski definition) is 6. The summed E-state index contributed by atoms with van der Waals surface area (Å²) in [6, 6.07) is 9.78. The molecule has 2 fully saturated rings. The summed E-state index contributed by atoms with van der Waals surface area (Å²) in [5.74, 6) is 0.577. The number of alkyl halides is 2. The molecule has 9 heteroatoms. The first-order valence-corrected chi connectivity index (χ1v) is 12.6. The molecule has 0 aliphatic heterocycles. The van der Waals surface area contributed by atoms with Crippen LogP contribution >= 0.6 is 0 Å². The molecule has 1 unspecified atom stereocenters. The second-order valence-corrected chi connectivity index (χ2v) is 11.1. The molecule has 174 valence electrons. The molecule has 0 bridgehead atoms. The van der Waals surface area contributed by atoms with E-state index in [9.17, 15) is 18.3 Å². The molecule has 2 aliphatic rings. The molecule has 1 N–H and O–H groups in total. The van der Waals surface area contributed by atoms with E-state index in [4.69, 9.17) is 9.52 Å². The van der Waals surface area contributed by atoms with Crippen molar-refractivity contribution in [2.45, 2.75) is 55.1 Å². The lowest BCUT2D eigenvalue weighted by Crippen LogP contribution is -2.09. The second-order valence-electron chi connectivity index (χ2n) is 8.81. The van der Waals surface area contributed by atoms with Crippen molar-refractivity contribution in [3.63, 3.8) is 0 Å². The number of nitrogens with zero attached hydrogens (tertiary/aromatic N) is 3. The maximum atomic E-state index is 13.4. The van der Waals surface area contributed by atoms with Gasteiger partial charge in [-0.1, -0.05) is 0 Å². The van der Waals surface area contributed by atoms with Crippen molar-refractivity contribution >= 4 is 9.73 Å². The van der Waals surface area contributed by atoms with Crippen molar-refractivity contribution in [1.82, 2.24) is 9.97 Å². The summed E-state index contributed by atoms with van der Waals surface area (Å²) in [5.41, 5.74) is 2.55. The Kier molecular flexibility index (Phi) is 5.56. The molecule has 2 aliphatic carbocycles. The van der Waals surface area contributed by atoms with Crippen LogP contribution in [0.5, 0.6) is 11.6 Å². The minimum atomic E-state index is -3.16. The molecule has 0 radical (unpaired) electrons. The molecule has 0 saturated heterocycles. The number of benzene rings is 1. The Labute approximate surface area is 196 Å². The van der Waals surface area contributed by atoms with Gasteiger partial charge in [-0.15, -0.1) is 0 Å². The number of pyridine rings is 2. The molecule has 2 heterocycles. The van der Waals surface area contributed by atoms with E-state index in [0.29, 0.717) is 46.5 Å². The Hall–Kier alpha value is -3.38. The van der Waals surface area contributed by atoms with Gasteiger partial charge in [-0.3, -0.25) is 4.98 Å². The highest BCUT2D eigenvalue weighted by Crippen LogP contribution is 2.48. The van der Waals surface area contributed by atoms with Crippen molar-refractivity contribution in [1.29, 1.82) is 10.0 Å². The van der Waals surface area contributed by atoms with Gasteiger partial charge in [0.25, 0.3) is 6.43 Å². The molecule has 1 aromatic carbocycles. The topological polar surface area (TPSA) is 99.7 Å². The van der Waals surface area contributed by atoms with E-state index in [-0.39, 0.29) is 27.5 Å². The largest absolute Gasteiger partial charge is 0.437 e. The molecule has 2 saturated carbocycles. The van der Waals surface area contributed by atoms with Crippen LogP contribution in [0.25, 0.3) is 11.3 Å². The number of nitrogens with one attached hydrogen (secondary N) is 1. The van der Waals surface area contributed by atoms with Gasteiger partial charge < -0.3 is 4.74 Å². The highest BCUT2D eigenvalue weighted by Gasteiger charge is 2.37. The van der Waals surface area contributed by atoms with Gasteiger partial charge in [-0.05, 0) is 80.0 Å². The van der Waals surface area contributed by atoms with Gasteiger partial charge in [0.2, 0.25) is 5.88 Å². The summed E-state index contributed by atoms with van der Waals surface area (Å²) in [6.45, 7) is 1.70. The lowest BCUT2D eigenvalue weighted by molar-refractivity contribution is 0.151. The standard InChI is InChI=1S/C25H22F2N4O2S/c1-14-8-17(24(26)27)10-20(16-2-3-16)23(14)33-25-22(34(29,32)19-4-5-19)7-6-21(31-25)18-9-15(11-28)12-30-13-18/h6-10,12-13,16,19,24,29H,2-5H2,1H3. The van der Waals surface area contributed by atoms with Crippen molar-refractivity contribution in [3.05, 3.63) is 65.0 Å². The maximum Gasteiger partial charge on any atom is 0.263 e. The van der Waals surface area contributed by atoms with Gasteiger partial charge in [0, 0.05) is 28.8 Å². The first-order valence-electron chi connectivity index (χ1n) is 11.0. The van der Waals surface area contributed by atoms with Gasteiger partial charge in [0.05, 0.1) is 21.0 Å². The van der Waals surface area contributed by atoms with Crippen LogP contribution in [0.15, 0.2) is 47.6 Å². The summed E-state index contributed by atoms with van der Waals surface area (Å²) in [7, 11) is -3.16. The first kappa shape index (κ1) is 22.4. The number of ether oxygens (including phenoxy) is 1. The van der Waals surface area contributed by atoms with E-state index < -0.39 is 16.2 Å². The summed E-state index contributed by atoms with van der Waals surface area (Å²) >= 11 is 0. The van der Waals surface area contributed by atoms with Crippen LogP contribution in [0.4, 0.5) is 8.78 Å². The number of aromatic nitrogens is 2. The van der Waals surface area contributed by atoms with Crippen LogP contribution in [-0.2, 0) is 9.73 Å². The zero-order chi connectivity index (χ0) is 24.0. The SMILES string of the molecule is Cc1cc(C(F)F)cc(C2CC2)c1Oc1nc(-c2cncc(C#N)c2)ccc1S(=N)(=O)C1CC1. The summed E-state index contributed by atoms with van der Waals surface area (Å²) < 4.78 is 55.1. The number of aryl methyl sites for hydroxylation is 1. The second kappa shape index (κ2) is 8.44. The summed E-state index contributed by atoms with van der Waals surface area (Å²) in [5, 5.41) is 8.95. The van der Waals surface area contributed by atoms with Crippen LogP contribution in [0.3, 0.4) is 0 Å². The molecule has 1 atom stereocenters. The lowest BCUT2D eigenvalue weighted by atomic mass is 10.0. The van der Waals surface area contributed by atoms with Crippen LogP contribution < -0.4 is 4.74 Å². The van der Waals surface area contributed by atoms with Gasteiger partial charge in [0.1, 0.15) is 16.7 Å². The average Bonchev–Trinajstić information content (AvgIpc) is 3.72. The molecule has 2 aromatic heterocycles. The van der Waals surface area contributed by atoms with Crippen molar-refractivity contribution < 1.29 is 17.7 Å². The van der Waals surface area contributed by atoms with Gasteiger partial charge in [-0.25, -0.2) is 22.8 Å². The van der Waals surface area contributed by atoms with E-state index in [1.54, 1.807) is 31.3 Å². The van der Waals surface area contributed by atoms with Gasteiger partial charge in [-0.2, -0.15) is 5.26 Å². The fourth-order valence-electron chi connectivity index (χ4n) is 4.00. The maximum absolute atomic E-state index is 13.4. The third kappa shape index (κ3) is 4.26. The van der Waals surface area contributed by atoms with E-state index in [1.807, 2.05) is 6.07 Å². The first-order chi connectivity index (χ1) is 16.3. The Balaban J connectivity index is 1.64. The minimum Gasteiger partial charge on any atom is -0.437 e. The average molecular weight is 481 g/mol. The van der Waals surface area contributed by atoms with Crippen molar-refractivity contribution in [2.24, 2.45) is 0 Å². The van der Waals surface area contributed by atoms with Crippen LogP contribution in [0.2, 0.25) is 0 Å². The Morgan fingerprint density at radius 1 is 1.18 bits per heavy atom. The van der Waals surface area contributed by atoms with Crippen LogP contribution in [0, 0.1) is 23.0 Å². The highest BCUT2D eigenvalue weighted by atomic mass is 32.2. The van der Waals surface area contributed by atoms with E-state index in [0.717, 1.165) is 12.8 Å². The van der Waals surface area contributed by atoms with Gasteiger partial charge >= 0.3 is 0 Å². The zero-order valence-electron chi connectivity index (χ0n) is 18.4. The van der Waals surface area contributed by atoms with Crippen LogP contribution in [0.1, 0.15) is 60.3 Å². The molecule has 0 spiro atoms. The Morgan fingerprint density at radius 2 is 1.94 bits per heavy atom. The van der Waals surface area contributed by atoms with Gasteiger partial charge in [0.15, 0.2) is 0 Å². The molecular weight excluding hydrogens is 458 g/mol.